The number of carbonyl (C=O) groups is 1. The molecule has 5 nitrogen and oxygen atoms in total. The van der Waals surface area contributed by atoms with Crippen LogP contribution in [0.15, 0.2) is 10.8 Å². The van der Waals surface area contributed by atoms with Gasteiger partial charge in [-0.3, -0.25) is 4.79 Å². The molecule has 2 heterocycles. The Kier molecular flexibility index (Phi) is 4.88. The van der Waals surface area contributed by atoms with Crippen LogP contribution >= 0.6 is 11.3 Å². The molecule has 0 radical (unpaired) electrons. The largest absolute Gasteiger partial charge is 0.485 e. The third kappa shape index (κ3) is 4.38. The van der Waals surface area contributed by atoms with Gasteiger partial charge in [0.2, 0.25) is 0 Å². The maximum absolute atomic E-state index is 10.6. The minimum absolute atomic E-state index is 0.104. The average Bonchev–Trinajstić information content (AvgIpc) is 2.84. The fraction of sp³-hybridized carbons (Fsp3) is 0.643. The first kappa shape index (κ1) is 15.1. The number of hydrogen-bond donors (Lipinski definition) is 1. The quantitative estimate of drug-likeness (QED) is 0.839. The van der Waals surface area contributed by atoms with Crippen LogP contribution in [0.3, 0.4) is 0 Å². The summed E-state index contributed by atoms with van der Waals surface area (Å²) in [5.74, 6) is 0.806. The number of hydrogen-bond acceptors (Lipinski definition) is 5. The molecule has 0 aliphatic carbocycles. The van der Waals surface area contributed by atoms with Gasteiger partial charge in [-0.1, -0.05) is 13.8 Å². The number of carboxylic acids is 1. The number of fused-ring (bicyclic) bond motifs is 1. The zero-order valence-corrected chi connectivity index (χ0v) is 12.6. The van der Waals surface area contributed by atoms with Crippen molar-refractivity contribution in [3.05, 3.63) is 10.8 Å². The topological polar surface area (TPSA) is 65.0 Å². The van der Waals surface area contributed by atoms with Crippen molar-refractivity contribution in [1.82, 2.24) is 0 Å². The third-order valence-corrected chi connectivity index (χ3v) is 3.82. The molecule has 2 rings (SSSR count). The van der Waals surface area contributed by atoms with Gasteiger partial charge in [-0.2, -0.15) is 0 Å². The van der Waals surface area contributed by atoms with E-state index in [1.807, 2.05) is 24.6 Å². The highest BCUT2D eigenvalue weighted by atomic mass is 32.1. The number of ether oxygens (including phenoxy) is 3. The van der Waals surface area contributed by atoms with Crippen molar-refractivity contribution in [2.45, 2.75) is 32.8 Å². The van der Waals surface area contributed by atoms with Crippen LogP contribution in [0.2, 0.25) is 0 Å². The summed E-state index contributed by atoms with van der Waals surface area (Å²) in [6, 6.07) is 0. The molecule has 0 bridgehead atoms. The minimum atomic E-state index is -0.771. The van der Waals surface area contributed by atoms with Crippen molar-refractivity contribution in [3.8, 4) is 11.5 Å². The maximum atomic E-state index is 10.6. The van der Waals surface area contributed by atoms with Gasteiger partial charge in [0.1, 0.15) is 6.61 Å². The predicted octanol–water partition coefficient (Wildman–Crippen LogP) is 2.80. The number of thiophene rings is 1. The van der Waals surface area contributed by atoms with Crippen LogP contribution in [0.4, 0.5) is 0 Å². The lowest BCUT2D eigenvalue weighted by Gasteiger charge is -2.27. The zero-order valence-electron chi connectivity index (χ0n) is 11.8. The Balaban J connectivity index is 1.70. The summed E-state index contributed by atoms with van der Waals surface area (Å²) in [6.45, 7) is 5.46. The molecule has 112 valence electrons. The highest BCUT2D eigenvalue weighted by molar-refractivity contribution is 7.08. The van der Waals surface area contributed by atoms with Crippen LogP contribution in [0.1, 0.15) is 26.7 Å². The molecule has 1 aromatic heterocycles. The number of carboxylic acid groups (broad SMARTS) is 1. The van der Waals surface area contributed by atoms with E-state index in [1.165, 1.54) is 0 Å². The summed E-state index contributed by atoms with van der Waals surface area (Å²) in [7, 11) is 0. The molecule has 0 saturated carbocycles. The van der Waals surface area contributed by atoms with E-state index in [0.29, 0.717) is 26.2 Å². The van der Waals surface area contributed by atoms with Gasteiger partial charge in [0.05, 0.1) is 13.2 Å². The molecule has 0 spiro atoms. The fourth-order valence-electron chi connectivity index (χ4n) is 1.93. The van der Waals surface area contributed by atoms with Gasteiger partial charge in [0.25, 0.3) is 0 Å². The summed E-state index contributed by atoms with van der Waals surface area (Å²) in [6.07, 6.45) is 0.656. The van der Waals surface area contributed by atoms with Crippen molar-refractivity contribution in [3.63, 3.8) is 0 Å². The van der Waals surface area contributed by atoms with Crippen LogP contribution in [-0.2, 0) is 9.53 Å². The molecule has 20 heavy (non-hydrogen) atoms. The Morgan fingerprint density at radius 2 is 2.25 bits per heavy atom. The lowest BCUT2D eigenvalue weighted by Crippen LogP contribution is -2.34. The number of aliphatic carboxylic acids is 1. The van der Waals surface area contributed by atoms with Crippen molar-refractivity contribution < 1.29 is 24.1 Å². The van der Waals surface area contributed by atoms with Gasteiger partial charge in [-0.05, 0) is 11.8 Å². The van der Waals surface area contributed by atoms with Crippen molar-refractivity contribution >= 4 is 17.3 Å². The average molecular weight is 300 g/mol. The molecule has 1 atom stereocenters. The first-order valence-corrected chi connectivity index (χ1v) is 7.56. The van der Waals surface area contributed by atoms with Crippen LogP contribution in [0.5, 0.6) is 11.5 Å². The zero-order chi connectivity index (χ0) is 14.6. The van der Waals surface area contributed by atoms with Gasteiger partial charge in [0, 0.05) is 17.2 Å². The van der Waals surface area contributed by atoms with Crippen molar-refractivity contribution in [1.29, 1.82) is 0 Å². The summed E-state index contributed by atoms with van der Waals surface area (Å²) in [5, 5.41) is 12.5. The normalized spacial score (nSPS) is 18.0. The van der Waals surface area contributed by atoms with Crippen LogP contribution < -0.4 is 9.47 Å². The van der Waals surface area contributed by atoms with Crippen molar-refractivity contribution in [2.24, 2.45) is 5.41 Å². The molecular weight excluding hydrogens is 280 g/mol. The van der Waals surface area contributed by atoms with Gasteiger partial charge >= 0.3 is 5.97 Å². The van der Waals surface area contributed by atoms with E-state index in [0.717, 1.165) is 11.5 Å². The minimum Gasteiger partial charge on any atom is -0.485 e. The molecule has 6 heteroatoms. The second kappa shape index (κ2) is 6.45. The van der Waals surface area contributed by atoms with Crippen LogP contribution in [0.25, 0.3) is 0 Å². The van der Waals surface area contributed by atoms with E-state index < -0.39 is 5.97 Å². The Bertz CT molecular complexity index is 454. The highest BCUT2D eigenvalue weighted by Crippen LogP contribution is 2.35. The SMILES string of the molecule is CC(C)(CCC(=O)O)COCC1COc2cscc2O1. The van der Waals surface area contributed by atoms with E-state index in [4.69, 9.17) is 19.3 Å². The van der Waals surface area contributed by atoms with Crippen LogP contribution in [-0.4, -0.2) is 37.0 Å². The monoisotopic (exact) mass is 300 g/mol. The first-order valence-electron chi connectivity index (χ1n) is 6.61. The standard InChI is InChI=1S/C14H20O5S/c1-14(2,4-3-13(15)16)9-17-5-10-6-18-11-7-20-8-12(11)19-10/h7-8,10H,3-6,9H2,1-2H3,(H,15,16). The van der Waals surface area contributed by atoms with E-state index in [-0.39, 0.29) is 17.9 Å². The molecule has 0 amide bonds. The maximum Gasteiger partial charge on any atom is 0.303 e. The molecule has 1 unspecified atom stereocenters. The van der Waals surface area contributed by atoms with E-state index in [1.54, 1.807) is 11.3 Å². The second-order valence-electron chi connectivity index (χ2n) is 5.72. The molecule has 0 fully saturated rings. The lowest BCUT2D eigenvalue weighted by molar-refractivity contribution is -0.137. The molecule has 1 aromatic rings. The lowest BCUT2D eigenvalue weighted by atomic mass is 9.89. The second-order valence-corrected chi connectivity index (χ2v) is 6.47. The number of rotatable bonds is 7. The van der Waals surface area contributed by atoms with Gasteiger partial charge < -0.3 is 19.3 Å². The molecule has 1 N–H and O–H groups in total. The summed E-state index contributed by atoms with van der Waals surface area (Å²) >= 11 is 1.55. The van der Waals surface area contributed by atoms with Crippen molar-refractivity contribution in [2.75, 3.05) is 19.8 Å². The molecule has 1 aliphatic heterocycles. The third-order valence-electron chi connectivity index (χ3n) is 3.12. The van der Waals surface area contributed by atoms with E-state index in [2.05, 4.69) is 0 Å². The predicted molar refractivity (Wildman–Crippen MR) is 75.7 cm³/mol. The van der Waals surface area contributed by atoms with Gasteiger partial charge in [0.15, 0.2) is 17.6 Å². The fourth-order valence-corrected chi connectivity index (χ4v) is 2.60. The Morgan fingerprint density at radius 3 is 3.00 bits per heavy atom. The summed E-state index contributed by atoms with van der Waals surface area (Å²) in [5.41, 5.74) is -0.151. The Morgan fingerprint density at radius 1 is 1.50 bits per heavy atom. The summed E-state index contributed by atoms with van der Waals surface area (Å²) in [4.78, 5) is 10.6. The molecule has 0 saturated heterocycles. The smallest absolute Gasteiger partial charge is 0.303 e. The highest BCUT2D eigenvalue weighted by Gasteiger charge is 2.24. The van der Waals surface area contributed by atoms with Crippen LogP contribution in [0, 0.1) is 5.41 Å². The molecule has 0 aromatic carbocycles. The van der Waals surface area contributed by atoms with Gasteiger partial charge in [-0.25, -0.2) is 0 Å². The first-order chi connectivity index (χ1) is 9.46. The Labute approximate surface area is 122 Å². The molecule has 1 aliphatic rings. The van der Waals surface area contributed by atoms with E-state index >= 15 is 0 Å². The Hall–Kier alpha value is -1.27. The van der Waals surface area contributed by atoms with Gasteiger partial charge in [-0.15, -0.1) is 11.3 Å². The van der Waals surface area contributed by atoms with E-state index in [9.17, 15) is 4.79 Å². The summed E-state index contributed by atoms with van der Waals surface area (Å²) < 4.78 is 17.0. The molecular formula is C14H20O5S.